The lowest BCUT2D eigenvalue weighted by molar-refractivity contribution is -0.182. The number of piperidine rings is 3. The molecule has 0 unspecified atom stereocenters. The van der Waals surface area contributed by atoms with E-state index in [9.17, 15) is 9.90 Å². The number of carbonyl (C=O) groups excluding carboxylic acids is 1. The van der Waals surface area contributed by atoms with Gasteiger partial charge in [-0.2, -0.15) is 0 Å². The van der Waals surface area contributed by atoms with E-state index in [0.29, 0.717) is 17.0 Å². The summed E-state index contributed by atoms with van der Waals surface area (Å²) >= 11 is 0. The first-order valence-electron chi connectivity index (χ1n) is 9.39. The summed E-state index contributed by atoms with van der Waals surface area (Å²) in [6.45, 7) is 4.26. The molecular formula is C22H25NO3. The molecule has 2 bridgehead atoms. The number of fused-ring (bicyclic) bond motifs is 3. The van der Waals surface area contributed by atoms with Crippen molar-refractivity contribution >= 4 is 5.97 Å². The molecule has 3 saturated heterocycles. The van der Waals surface area contributed by atoms with E-state index in [2.05, 4.69) is 11.8 Å². The number of nitrogens with zero attached hydrogens (tertiary/aromatic N) is 1. The maximum Gasteiger partial charge on any atom is 0.348 e. The number of hydrogen-bond donors (Lipinski definition) is 1. The van der Waals surface area contributed by atoms with Crippen molar-refractivity contribution in [3.05, 3.63) is 71.8 Å². The normalized spacial score (nSPS) is 27.9. The van der Waals surface area contributed by atoms with Crippen LogP contribution in [-0.2, 0) is 15.1 Å². The molecule has 1 N–H and O–H groups in total. The summed E-state index contributed by atoms with van der Waals surface area (Å²) in [7, 11) is 0. The lowest BCUT2D eigenvalue weighted by atomic mass is 9.80. The molecule has 4 heteroatoms. The highest BCUT2D eigenvalue weighted by atomic mass is 16.6. The van der Waals surface area contributed by atoms with Crippen molar-refractivity contribution in [3.63, 3.8) is 0 Å². The summed E-state index contributed by atoms with van der Waals surface area (Å²) in [6.07, 6.45) is 1.94. The Hall–Kier alpha value is -2.17. The van der Waals surface area contributed by atoms with E-state index >= 15 is 0 Å². The smallest absolute Gasteiger partial charge is 0.348 e. The van der Waals surface area contributed by atoms with E-state index in [4.69, 9.17) is 4.74 Å². The van der Waals surface area contributed by atoms with Gasteiger partial charge >= 0.3 is 5.97 Å². The maximum atomic E-state index is 13.3. The fourth-order valence-corrected chi connectivity index (χ4v) is 4.42. The zero-order chi connectivity index (χ0) is 18.1. The van der Waals surface area contributed by atoms with Crippen molar-refractivity contribution in [1.29, 1.82) is 0 Å². The lowest BCUT2D eigenvalue weighted by Gasteiger charge is -2.49. The lowest BCUT2D eigenvalue weighted by Crippen LogP contribution is -2.58. The second-order valence-corrected chi connectivity index (χ2v) is 7.43. The Labute approximate surface area is 154 Å². The molecule has 2 aromatic carbocycles. The monoisotopic (exact) mass is 351 g/mol. The van der Waals surface area contributed by atoms with Gasteiger partial charge in [0.2, 0.25) is 5.60 Å². The molecule has 136 valence electrons. The summed E-state index contributed by atoms with van der Waals surface area (Å²) < 4.78 is 5.98. The van der Waals surface area contributed by atoms with Crippen molar-refractivity contribution in [3.8, 4) is 0 Å². The van der Waals surface area contributed by atoms with Gasteiger partial charge in [0.15, 0.2) is 0 Å². The van der Waals surface area contributed by atoms with Crippen molar-refractivity contribution in [2.45, 2.75) is 37.5 Å². The van der Waals surface area contributed by atoms with E-state index in [1.165, 1.54) is 0 Å². The number of ether oxygens (including phenoxy) is 1. The van der Waals surface area contributed by atoms with Gasteiger partial charge in [0, 0.05) is 6.04 Å². The van der Waals surface area contributed by atoms with Crippen LogP contribution >= 0.6 is 0 Å². The number of esters is 1. The van der Waals surface area contributed by atoms with Crippen LogP contribution in [0.25, 0.3) is 0 Å². The highest BCUT2D eigenvalue weighted by molar-refractivity contribution is 5.85. The summed E-state index contributed by atoms with van der Waals surface area (Å²) in [6, 6.07) is 18.3. The van der Waals surface area contributed by atoms with Gasteiger partial charge in [-0.15, -0.1) is 0 Å². The molecule has 0 radical (unpaired) electrons. The molecule has 3 aliphatic heterocycles. The largest absolute Gasteiger partial charge is 0.458 e. The summed E-state index contributed by atoms with van der Waals surface area (Å²) in [5, 5.41) is 11.5. The minimum Gasteiger partial charge on any atom is -0.458 e. The quantitative estimate of drug-likeness (QED) is 0.861. The third-order valence-electron chi connectivity index (χ3n) is 6.01. The van der Waals surface area contributed by atoms with Crippen molar-refractivity contribution < 1.29 is 14.6 Å². The van der Waals surface area contributed by atoms with Gasteiger partial charge in [0.25, 0.3) is 0 Å². The van der Waals surface area contributed by atoms with Crippen LogP contribution in [0.3, 0.4) is 0 Å². The molecule has 4 nitrogen and oxygen atoms in total. The third-order valence-corrected chi connectivity index (χ3v) is 6.01. The van der Waals surface area contributed by atoms with Crippen LogP contribution < -0.4 is 0 Å². The van der Waals surface area contributed by atoms with Gasteiger partial charge in [-0.3, -0.25) is 4.90 Å². The van der Waals surface area contributed by atoms with Gasteiger partial charge in [0.05, 0.1) is 0 Å². The van der Waals surface area contributed by atoms with E-state index in [-0.39, 0.29) is 12.1 Å². The number of carbonyl (C=O) groups is 1. The highest BCUT2D eigenvalue weighted by Crippen LogP contribution is 2.37. The molecule has 0 aromatic heterocycles. The van der Waals surface area contributed by atoms with E-state index in [0.717, 1.165) is 25.9 Å². The highest BCUT2D eigenvalue weighted by Gasteiger charge is 2.47. The Bertz CT molecular complexity index is 712. The molecule has 26 heavy (non-hydrogen) atoms. The van der Waals surface area contributed by atoms with Crippen molar-refractivity contribution in [2.24, 2.45) is 5.92 Å². The summed E-state index contributed by atoms with van der Waals surface area (Å²) in [5.41, 5.74) is -0.732. The zero-order valence-electron chi connectivity index (χ0n) is 15.0. The van der Waals surface area contributed by atoms with Crippen LogP contribution in [0.2, 0.25) is 0 Å². The van der Waals surface area contributed by atoms with Crippen LogP contribution in [0.1, 0.15) is 30.9 Å². The Kier molecular flexibility index (Phi) is 4.55. The molecule has 3 heterocycles. The number of benzene rings is 2. The first-order valence-corrected chi connectivity index (χ1v) is 9.39. The zero-order valence-corrected chi connectivity index (χ0v) is 15.0. The van der Waals surface area contributed by atoms with Crippen LogP contribution in [0.15, 0.2) is 60.7 Å². The third kappa shape index (κ3) is 2.83. The molecule has 2 atom stereocenters. The molecule has 3 aliphatic rings. The molecule has 0 aliphatic carbocycles. The topological polar surface area (TPSA) is 49.8 Å². The van der Waals surface area contributed by atoms with Gasteiger partial charge < -0.3 is 9.84 Å². The Morgan fingerprint density at radius 1 is 1.00 bits per heavy atom. The predicted octanol–water partition coefficient (Wildman–Crippen LogP) is 2.95. The second-order valence-electron chi connectivity index (χ2n) is 7.43. The average Bonchev–Trinajstić information content (AvgIpc) is 2.71. The van der Waals surface area contributed by atoms with Gasteiger partial charge in [-0.05, 0) is 49.9 Å². The second kappa shape index (κ2) is 6.86. The van der Waals surface area contributed by atoms with E-state index in [1.807, 2.05) is 36.4 Å². The summed E-state index contributed by atoms with van der Waals surface area (Å²) in [5.74, 6) is -0.199. The molecule has 3 fully saturated rings. The van der Waals surface area contributed by atoms with E-state index < -0.39 is 11.6 Å². The first-order chi connectivity index (χ1) is 12.6. The van der Waals surface area contributed by atoms with Crippen LogP contribution in [0, 0.1) is 5.92 Å². The molecule has 5 rings (SSSR count). The minimum atomic E-state index is -1.80. The molecule has 0 amide bonds. The summed E-state index contributed by atoms with van der Waals surface area (Å²) in [4.78, 5) is 15.6. The van der Waals surface area contributed by atoms with Crippen molar-refractivity contribution in [1.82, 2.24) is 4.90 Å². The Morgan fingerprint density at radius 3 is 1.96 bits per heavy atom. The van der Waals surface area contributed by atoms with E-state index in [1.54, 1.807) is 24.3 Å². The van der Waals surface area contributed by atoms with Gasteiger partial charge in [0.1, 0.15) is 6.10 Å². The van der Waals surface area contributed by atoms with Crippen LogP contribution in [0.5, 0.6) is 0 Å². The van der Waals surface area contributed by atoms with Crippen LogP contribution in [0.4, 0.5) is 0 Å². The molecule has 2 aromatic rings. The molecule has 0 saturated carbocycles. The van der Waals surface area contributed by atoms with Gasteiger partial charge in [-0.1, -0.05) is 60.7 Å². The number of aliphatic hydroxyl groups is 1. The van der Waals surface area contributed by atoms with Gasteiger partial charge in [-0.25, -0.2) is 4.79 Å². The Morgan fingerprint density at radius 2 is 1.50 bits per heavy atom. The minimum absolute atomic E-state index is 0.163. The molecule has 0 spiro atoms. The Balaban J connectivity index is 1.67. The average molecular weight is 351 g/mol. The fraction of sp³-hybridized carbons (Fsp3) is 0.409. The standard InChI is InChI=1S/C22H25NO3/c1-16-20(17-12-14-23(16)15-13-17)26-21(24)22(25,18-8-4-2-5-9-18)19-10-6-3-7-11-19/h2-11,16-17,20,25H,12-15H2,1H3/t16-,20-/m0/s1. The predicted molar refractivity (Wildman–Crippen MR) is 99.5 cm³/mol. The first kappa shape index (κ1) is 17.3. The number of rotatable bonds is 4. The SMILES string of the molecule is C[C@H]1[C@H](OC(=O)C(O)(c2ccccc2)c2ccccc2)C2CCN1CC2. The number of hydrogen-bond acceptors (Lipinski definition) is 4. The van der Waals surface area contributed by atoms with Crippen molar-refractivity contribution in [2.75, 3.05) is 13.1 Å². The maximum absolute atomic E-state index is 13.3. The van der Waals surface area contributed by atoms with Crippen LogP contribution in [-0.4, -0.2) is 41.2 Å². The molecular weight excluding hydrogens is 326 g/mol. The fourth-order valence-electron chi connectivity index (χ4n) is 4.42.